The molecule has 5 rings (SSSR count). The van der Waals surface area contributed by atoms with E-state index in [9.17, 15) is 9.59 Å². The maximum Gasteiger partial charge on any atom is 0.222 e. The van der Waals surface area contributed by atoms with Gasteiger partial charge in [0.05, 0.1) is 31.6 Å². The molecular formula is C52H68N2O2S2. The van der Waals surface area contributed by atoms with Gasteiger partial charge in [0.25, 0.3) is 0 Å². The quantitative estimate of drug-likeness (QED) is 0.0516. The predicted octanol–water partition coefficient (Wildman–Crippen LogP) is 13.7. The summed E-state index contributed by atoms with van der Waals surface area (Å²) >= 11 is 3.41. The molecule has 0 amide bonds. The minimum absolute atomic E-state index is 0.116. The van der Waals surface area contributed by atoms with Crippen LogP contribution in [-0.2, 0) is 25.7 Å². The van der Waals surface area contributed by atoms with E-state index in [0.717, 1.165) is 97.9 Å². The van der Waals surface area contributed by atoms with Gasteiger partial charge in [0.2, 0.25) is 10.9 Å². The molecule has 5 aromatic rings. The van der Waals surface area contributed by atoms with Gasteiger partial charge >= 0.3 is 0 Å². The Labute approximate surface area is 357 Å². The molecule has 0 fully saturated rings. The lowest BCUT2D eigenvalue weighted by molar-refractivity contribution is 0.449. The molecule has 0 aliphatic carbocycles. The van der Waals surface area contributed by atoms with Crippen molar-refractivity contribution < 1.29 is 0 Å². The van der Waals surface area contributed by atoms with E-state index in [-0.39, 0.29) is 10.9 Å². The highest BCUT2D eigenvalue weighted by atomic mass is 32.1. The first kappa shape index (κ1) is 45.5. The summed E-state index contributed by atoms with van der Waals surface area (Å²) in [4.78, 5) is 44.4. The van der Waals surface area contributed by atoms with Crippen LogP contribution < -0.4 is 10.9 Å². The van der Waals surface area contributed by atoms with Crippen LogP contribution in [-0.4, -0.2) is 9.97 Å². The van der Waals surface area contributed by atoms with E-state index in [0.29, 0.717) is 57.9 Å². The molecule has 1 aromatic carbocycles. The second-order valence-electron chi connectivity index (χ2n) is 16.8. The molecule has 2 unspecified atom stereocenters. The Morgan fingerprint density at radius 1 is 0.534 bits per heavy atom. The van der Waals surface area contributed by atoms with Crippen molar-refractivity contribution in [3.05, 3.63) is 85.7 Å². The lowest BCUT2D eigenvalue weighted by Gasteiger charge is -2.19. The van der Waals surface area contributed by atoms with Crippen molar-refractivity contribution in [3.63, 3.8) is 0 Å². The van der Waals surface area contributed by atoms with Gasteiger partial charge in [-0.25, -0.2) is 9.97 Å². The number of unbranched alkanes of at least 4 members (excludes halogenated alkanes) is 8. The summed E-state index contributed by atoms with van der Waals surface area (Å²) < 4.78 is 0. The number of aromatic nitrogens is 2. The summed E-state index contributed by atoms with van der Waals surface area (Å²) in [5.41, 5.74) is 6.00. The van der Waals surface area contributed by atoms with Gasteiger partial charge in [-0.2, -0.15) is 0 Å². The maximum absolute atomic E-state index is 14.8. The molecule has 4 aromatic heterocycles. The molecule has 4 nitrogen and oxygen atoms in total. The number of aryl methyl sites for hydroxylation is 4. The highest BCUT2D eigenvalue weighted by molar-refractivity contribution is 7.13. The first-order valence-electron chi connectivity index (χ1n) is 22.9. The van der Waals surface area contributed by atoms with E-state index in [2.05, 4.69) is 91.2 Å². The van der Waals surface area contributed by atoms with E-state index in [1.807, 2.05) is 0 Å². The molecule has 0 radical (unpaired) electrons. The van der Waals surface area contributed by atoms with E-state index in [1.54, 1.807) is 22.7 Å². The average molecular weight is 817 g/mol. The number of benzene rings is 1. The number of rotatable bonds is 22. The first-order valence-corrected chi connectivity index (χ1v) is 24.5. The van der Waals surface area contributed by atoms with Crippen molar-refractivity contribution in [1.29, 1.82) is 0 Å². The molecule has 6 heteroatoms. The first-order chi connectivity index (χ1) is 28.2. The summed E-state index contributed by atoms with van der Waals surface area (Å²) in [5, 5.41) is 1.27. The van der Waals surface area contributed by atoms with Crippen molar-refractivity contribution in [2.45, 2.75) is 184 Å². The molecule has 0 saturated carbocycles. The normalized spacial score (nSPS) is 12.6. The monoisotopic (exact) mass is 816 g/mol. The van der Waals surface area contributed by atoms with Crippen LogP contribution in [0.1, 0.15) is 197 Å². The Morgan fingerprint density at radius 2 is 0.931 bits per heavy atom. The largest absolute Gasteiger partial charge is 0.286 e. The van der Waals surface area contributed by atoms with Crippen LogP contribution in [0.3, 0.4) is 0 Å². The standard InChI is InChI=1S/C52H68N2O2S2/c1-9-15-19-21-25-39-31-35(7)57-45(39)29-27-43-51(55)47-41(33-37(13-5)23-17-11-3)50-48(42(49(47)53-43)34-38(14-6)24-18-12-4)52(56)44(54-50)28-30-46-40(32-36(8)58-46)26-22-20-16-10-2/h31-32,37-38H,9-26,33-34H2,1-8H3. The fraction of sp³-hybridized carbons (Fsp3) is 0.577. The Morgan fingerprint density at radius 3 is 1.29 bits per heavy atom. The van der Waals surface area contributed by atoms with Gasteiger partial charge in [-0.05, 0) is 122 Å². The Bertz CT molecular complexity index is 2160. The molecule has 0 saturated heterocycles. The molecule has 2 atom stereocenters. The second kappa shape index (κ2) is 22.7. The zero-order valence-corrected chi connectivity index (χ0v) is 38.6. The summed E-state index contributed by atoms with van der Waals surface area (Å²) in [6.45, 7) is 17.7. The molecule has 310 valence electrons. The van der Waals surface area contributed by atoms with E-state index < -0.39 is 0 Å². The molecule has 58 heavy (non-hydrogen) atoms. The van der Waals surface area contributed by atoms with Crippen LogP contribution >= 0.6 is 22.7 Å². The summed E-state index contributed by atoms with van der Waals surface area (Å²) in [6, 6.07) is 4.52. The highest BCUT2D eigenvalue weighted by Crippen LogP contribution is 2.35. The Kier molecular flexibility index (Phi) is 17.8. The van der Waals surface area contributed by atoms with Crippen LogP contribution in [0.2, 0.25) is 0 Å². The van der Waals surface area contributed by atoms with Gasteiger partial charge in [-0.1, -0.05) is 131 Å². The van der Waals surface area contributed by atoms with Crippen molar-refractivity contribution in [2.24, 2.45) is 11.8 Å². The fourth-order valence-electron chi connectivity index (χ4n) is 8.59. The van der Waals surface area contributed by atoms with Crippen LogP contribution in [0.15, 0.2) is 21.7 Å². The van der Waals surface area contributed by atoms with Crippen molar-refractivity contribution >= 4 is 44.5 Å². The van der Waals surface area contributed by atoms with Crippen LogP contribution in [0.5, 0.6) is 0 Å². The summed E-state index contributed by atoms with van der Waals surface area (Å²) in [7, 11) is 0. The number of hydrogen-bond acceptors (Lipinski definition) is 6. The highest BCUT2D eigenvalue weighted by Gasteiger charge is 2.28. The van der Waals surface area contributed by atoms with Crippen molar-refractivity contribution in [2.75, 3.05) is 0 Å². The van der Waals surface area contributed by atoms with Gasteiger partial charge in [-0.15, -0.1) is 22.7 Å². The molecule has 0 spiro atoms. The molecule has 0 aliphatic heterocycles. The van der Waals surface area contributed by atoms with Gasteiger partial charge in [0.1, 0.15) is 0 Å². The third kappa shape index (κ3) is 11.4. The van der Waals surface area contributed by atoms with E-state index in [4.69, 9.17) is 9.97 Å². The van der Waals surface area contributed by atoms with Crippen molar-refractivity contribution in [3.8, 4) is 23.7 Å². The molecule has 0 bridgehead atoms. The minimum Gasteiger partial charge on any atom is -0.286 e. The lowest BCUT2D eigenvalue weighted by atomic mass is 9.85. The van der Waals surface area contributed by atoms with Crippen LogP contribution in [0, 0.1) is 49.4 Å². The number of fused-ring (bicyclic) bond motifs is 2. The molecular weight excluding hydrogens is 749 g/mol. The van der Waals surface area contributed by atoms with Gasteiger partial charge in [0, 0.05) is 9.75 Å². The van der Waals surface area contributed by atoms with E-state index in [1.165, 1.54) is 59.4 Å². The average Bonchev–Trinajstić information content (AvgIpc) is 3.96. The number of hydrogen-bond donors (Lipinski definition) is 0. The summed E-state index contributed by atoms with van der Waals surface area (Å²) in [6.07, 6.45) is 21.6. The fourth-order valence-corrected chi connectivity index (χ4v) is 10.4. The van der Waals surface area contributed by atoms with E-state index >= 15 is 0 Å². The minimum atomic E-state index is -0.116. The van der Waals surface area contributed by atoms with Crippen molar-refractivity contribution in [1.82, 2.24) is 9.97 Å². The third-order valence-corrected chi connectivity index (χ3v) is 14.1. The maximum atomic E-state index is 14.8. The SMILES string of the molecule is CCCCCCc1cc(C)sc1C#Cc1nc2c(CC(CC)CCCC)c3c(=O)c(C#Cc4sc(C)cc4CCCCCC)nc3c(CC(CC)CCCC)c2c1=O. The molecule has 0 N–H and O–H groups in total. The third-order valence-electron chi connectivity index (χ3n) is 12.1. The Hall–Kier alpha value is -3.58. The molecule has 0 aliphatic rings. The number of nitrogens with zero attached hydrogens (tertiary/aromatic N) is 2. The van der Waals surface area contributed by atoms with Gasteiger partial charge in [0.15, 0.2) is 11.4 Å². The topological polar surface area (TPSA) is 59.9 Å². The smallest absolute Gasteiger partial charge is 0.222 e. The zero-order valence-electron chi connectivity index (χ0n) is 37.0. The van der Waals surface area contributed by atoms with Gasteiger partial charge in [-0.3, -0.25) is 9.59 Å². The van der Waals surface area contributed by atoms with Gasteiger partial charge < -0.3 is 0 Å². The van der Waals surface area contributed by atoms with Crippen LogP contribution in [0.25, 0.3) is 21.8 Å². The number of thiophene rings is 2. The summed E-state index contributed by atoms with van der Waals surface area (Å²) in [5.74, 6) is 14.1. The lowest BCUT2D eigenvalue weighted by Crippen LogP contribution is -2.12. The Balaban J connectivity index is 1.72. The molecule has 4 heterocycles. The second-order valence-corrected chi connectivity index (χ2v) is 19.3. The predicted molar refractivity (Wildman–Crippen MR) is 252 cm³/mol. The zero-order chi connectivity index (χ0) is 41.6. The van der Waals surface area contributed by atoms with Crippen LogP contribution in [0.4, 0.5) is 0 Å².